The second-order valence-corrected chi connectivity index (χ2v) is 9.98. The number of aryl methyl sites for hydroxylation is 1. The van der Waals surface area contributed by atoms with E-state index in [4.69, 9.17) is 16.3 Å². The van der Waals surface area contributed by atoms with Crippen LogP contribution in [-0.2, 0) is 42.1 Å². The van der Waals surface area contributed by atoms with Crippen molar-refractivity contribution in [1.82, 2.24) is 14.9 Å². The molecular formula is C32H34ClN3O4. The molecule has 0 fully saturated rings. The molecule has 208 valence electrons. The first-order chi connectivity index (χ1) is 19.5. The van der Waals surface area contributed by atoms with E-state index in [1.54, 1.807) is 12.1 Å². The number of nitrogens with one attached hydrogen (secondary N) is 1. The average molecular weight is 560 g/mol. The Kier molecular flexibility index (Phi) is 10.5. The number of hydrogen-bond acceptors (Lipinski definition) is 5. The van der Waals surface area contributed by atoms with Gasteiger partial charge in [0.25, 0.3) is 5.91 Å². The highest BCUT2D eigenvalue weighted by atomic mass is 35.5. The average Bonchev–Trinajstić information content (AvgIpc) is 3.29. The number of aromatic nitrogens is 2. The molecule has 0 spiro atoms. The number of halogens is 1. The number of hydrogen-bond donors (Lipinski definition) is 2. The largest absolute Gasteiger partial charge is 0.459 e. The van der Waals surface area contributed by atoms with Gasteiger partial charge in [-0.3, -0.25) is 4.79 Å². The predicted octanol–water partition coefficient (Wildman–Crippen LogP) is 5.50. The summed E-state index contributed by atoms with van der Waals surface area (Å²) in [6, 6.07) is 25.3. The number of imidazole rings is 1. The fourth-order valence-electron chi connectivity index (χ4n) is 4.43. The first-order valence-corrected chi connectivity index (χ1v) is 13.8. The van der Waals surface area contributed by atoms with Crippen LogP contribution in [-0.4, -0.2) is 32.6 Å². The van der Waals surface area contributed by atoms with Gasteiger partial charge in [-0.15, -0.1) is 0 Å². The minimum atomic E-state index is -0.848. The van der Waals surface area contributed by atoms with E-state index in [1.165, 1.54) is 0 Å². The molecule has 0 unspecified atom stereocenters. The Bertz CT molecular complexity index is 1390. The SMILES string of the molecule is CCCCc1nc(Cl)c(CO)n1Cc1ccc(C(=O)N[C@@H](Cc2ccccc2)C(=O)OCc2ccccc2)cc1. The minimum absolute atomic E-state index is 0.129. The van der Waals surface area contributed by atoms with E-state index in [9.17, 15) is 14.7 Å². The lowest BCUT2D eigenvalue weighted by Crippen LogP contribution is -2.43. The predicted molar refractivity (Wildman–Crippen MR) is 155 cm³/mol. The Hall–Kier alpha value is -3.94. The van der Waals surface area contributed by atoms with Crippen molar-refractivity contribution in [3.63, 3.8) is 0 Å². The second kappa shape index (κ2) is 14.4. The summed E-state index contributed by atoms with van der Waals surface area (Å²) in [6.07, 6.45) is 3.06. The van der Waals surface area contributed by atoms with Crippen molar-refractivity contribution in [2.75, 3.05) is 0 Å². The smallest absolute Gasteiger partial charge is 0.329 e. The number of amides is 1. The molecule has 40 heavy (non-hydrogen) atoms. The summed E-state index contributed by atoms with van der Waals surface area (Å²) in [5.41, 5.74) is 3.72. The first kappa shape index (κ1) is 29.1. The number of unbranched alkanes of at least 4 members (excludes halogenated alkanes) is 1. The number of ether oxygens (including phenoxy) is 1. The van der Waals surface area contributed by atoms with Crippen molar-refractivity contribution < 1.29 is 19.4 Å². The zero-order valence-corrected chi connectivity index (χ0v) is 23.3. The maximum atomic E-state index is 13.2. The molecule has 0 aliphatic carbocycles. The van der Waals surface area contributed by atoms with Gasteiger partial charge >= 0.3 is 5.97 Å². The van der Waals surface area contributed by atoms with Crippen LogP contribution in [0, 0.1) is 0 Å². The first-order valence-electron chi connectivity index (χ1n) is 13.5. The Labute approximate surface area is 239 Å². The zero-order chi connectivity index (χ0) is 28.3. The Morgan fingerprint density at radius 3 is 2.23 bits per heavy atom. The lowest BCUT2D eigenvalue weighted by atomic mass is 10.0. The summed E-state index contributed by atoms with van der Waals surface area (Å²) in [5.74, 6) is -0.0317. The third-order valence-electron chi connectivity index (χ3n) is 6.66. The highest BCUT2D eigenvalue weighted by Gasteiger charge is 2.24. The summed E-state index contributed by atoms with van der Waals surface area (Å²) in [7, 11) is 0. The number of aliphatic hydroxyl groups excluding tert-OH is 1. The topological polar surface area (TPSA) is 93.5 Å². The molecular weight excluding hydrogens is 526 g/mol. The number of carbonyl (C=O) groups excluding carboxylic acids is 2. The molecule has 0 saturated carbocycles. The lowest BCUT2D eigenvalue weighted by molar-refractivity contribution is -0.147. The molecule has 0 saturated heterocycles. The normalized spacial score (nSPS) is 11.7. The van der Waals surface area contributed by atoms with Gasteiger partial charge in [0.05, 0.1) is 12.3 Å². The lowest BCUT2D eigenvalue weighted by Gasteiger charge is -2.18. The van der Waals surface area contributed by atoms with Crippen LogP contribution >= 0.6 is 11.6 Å². The molecule has 3 aromatic carbocycles. The Morgan fingerprint density at radius 2 is 1.60 bits per heavy atom. The molecule has 1 aromatic heterocycles. The highest BCUT2D eigenvalue weighted by Crippen LogP contribution is 2.21. The number of esters is 1. The van der Waals surface area contributed by atoms with Gasteiger partial charge in [-0.05, 0) is 35.2 Å². The molecule has 4 aromatic rings. The molecule has 1 atom stereocenters. The standard InChI is InChI=1S/C32H34ClN3O4/c1-2-3-14-29-35-30(33)28(21-37)36(29)20-24-15-17-26(18-16-24)31(38)34-27(19-23-10-6-4-7-11-23)32(39)40-22-25-12-8-5-9-13-25/h4-13,15-18,27,37H,2-3,14,19-22H2,1H3,(H,34,38)/t27-/m0/s1. The van der Waals surface area contributed by atoms with Crippen molar-refractivity contribution in [2.45, 2.75) is 58.4 Å². The Morgan fingerprint density at radius 1 is 0.950 bits per heavy atom. The molecule has 0 radical (unpaired) electrons. The van der Waals surface area contributed by atoms with Crippen LogP contribution in [0.15, 0.2) is 84.9 Å². The van der Waals surface area contributed by atoms with Gasteiger partial charge in [0, 0.05) is 24.9 Å². The number of carbonyl (C=O) groups is 2. The van der Waals surface area contributed by atoms with E-state index in [1.807, 2.05) is 77.4 Å². The van der Waals surface area contributed by atoms with Gasteiger partial charge < -0.3 is 19.7 Å². The third-order valence-corrected chi connectivity index (χ3v) is 6.96. The monoisotopic (exact) mass is 559 g/mol. The zero-order valence-electron chi connectivity index (χ0n) is 22.6. The van der Waals surface area contributed by atoms with Gasteiger partial charge in [-0.1, -0.05) is 97.7 Å². The molecule has 0 aliphatic rings. The van der Waals surface area contributed by atoms with Gasteiger partial charge in [0.1, 0.15) is 18.5 Å². The fraction of sp³-hybridized carbons (Fsp3) is 0.281. The van der Waals surface area contributed by atoms with Crippen molar-refractivity contribution >= 4 is 23.5 Å². The van der Waals surface area contributed by atoms with Crippen LogP contribution in [0.25, 0.3) is 0 Å². The molecule has 0 aliphatic heterocycles. The van der Waals surface area contributed by atoms with E-state index < -0.39 is 12.0 Å². The number of benzene rings is 3. The molecule has 1 amide bonds. The van der Waals surface area contributed by atoms with E-state index in [0.29, 0.717) is 29.4 Å². The summed E-state index contributed by atoms with van der Waals surface area (Å²) < 4.78 is 7.49. The van der Waals surface area contributed by atoms with Crippen LogP contribution in [0.5, 0.6) is 0 Å². The van der Waals surface area contributed by atoms with Crippen LogP contribution in [0.4, 0.5) is 0 Å². The van der Waals surface area contributed by atoms with E-state index in [-0.39, 0.29) is 19.1 Å². The van der Waals surface area contributed by atoms with E-state index in [0.717, 1.165) is 41.8 Å². The molecule has 8 heteroatoms. The van der Waals surface area contributed by atoms with E-state index >= 15 is 0 Å². The summed E-state index contributed by atoms with van der Waals surface area (Å²) >= 11 is 6.27. The van der Waals surface area contributed by atoms with Crippen LogP contribution < -0.4 is 5.32 Å². The maximum Gasteiger partial charge on any atom is 0.329 e. The molecule has 0 bridgehead atoms. The van der Waals surface area contributed by atoms with Crippen LogP contribution in [0.2, 0.25) is 5.15 Å². The third kappa shape index (κ3) is 7.81. The molecule has 1 heterocycles. The maximum absolute atomic E-state index is 13.2. The molecule has 4 rings (SSSR count). The van der Waals surface area contributed by atoms with Crippen LogP contribution in [0.3, 0.4) is 0 Å². The molecule has 2 N–H and O–H groups in total. The van der Waals surface area contributed by atoms with Gasteiger partial charge in [-0.25, -0.2) is 9.78 Å². The van der Waals surface area contributed by atoms with Gasteiger partial charge in [-0.2, -0.15) is 0 Å². The molecule has 7 nitrogen and oxygen atoms in total. The second-order valence-electron chi connectivity index (χ2n) is 9.62. The van der Waals surface area contributed by atoms with Crippen molar-refractivity contribution in [3.8, 4) is 0 Å². The van der Waals surface area contributed by atoms with Gasteiger partial charge in [0.2, 0.25) is 0 Å². The summed E-state index contributed by atoms with van der Waals surface area (Å²) in [4.78, 5) is 30.7. The summed E-state index contributed by atoms with van der Waals surface area (Å²) in [6.45, 7) is 2.50. The fourth-order valence-corrected chi connectivity index (χ4v) is 4.69. The van der Waals surface area contributed by atoms with Gasteiger partial charge in [0.15, 0.2) is 5.15 Å². The van der Waals surface area contributed by atoms with Crippen molar-refractivity contribution in [2.24, 2.45) is 0 Å². The minimum Gasteiger partial charge on any atom is -0.459 e. The van der Waals surface area contributed by atoms with Crippen molar-refractivity contribution in [3.05, 3.63) is 124 Å². The van der Waals surface area contributed by atoms with E-state index in [2.05, 4.69) is 17.2 Å². The Balaban J connectivity index is 1.46. The number of rotatable bonds is 13. The quantitative estimate of drug-likeness (QED) is 0.211. The number of nitrogens with zero attached hydrogens (tertiary/aromatic N) is 2. The highest BCUT2D eigenvalue weighted by molar-refractivity contribution is 6.30. The van der Waals surface area contributed by atoms with Crippen molar-refractivity contribution in [1.29, 1.82) is 0 Å². The number of aliphatic hydroxyl groups is 1. The summed E-state index contributed by atoms with van der Waals surface area (Å²) in [5, 5.41) is 13.0. The van der Waals surface area contributed by atoms with Crippen LogP contribution in [0.1, 0.15) is 58.3 Å².